The Bertz CT molecular complexity index is 1010. The number of unbranched alkanes of at least 4 members (excludes halogenated alkanes) is 4. The molecule has 6 heteroatoms. The molecule has 0 aliphatic rings. The summed E-state index contributed by atoms with van der Waals surface area (Å²) in [6, 6.07) is 16.4. The number of benzene rings is 3. The van der Waals surface area contributed by atoms with E-state index >= 15 is 0 Å². The Balaban J connectivity index is 1.60. The van der Waals surface area contributed by atoms with E-state index in [9.17, 15) is 17.6 Å². The molecule has 0 amide bonds. The topological polar surface area (TPSA) is 18.5 Å². The predicted molar refractivity (Wildman–Crippen MR) is 126 cm³/mol. The van der Waals surface area contributed by atoms with E-state index in [1.807, 2.05) is 6.92 Å². The number of alkyl halides is 4. The molecular weight excluding hydrogens is 444 g/mol. The van der Waals surface area contributed by atoms with Crippen molar-refractivity contribution in [2.24, 2.45) is 0 Å². The lowest BCUT2D eigenvalue weighted by Crippen LogP contribution is -2.24. The van der Waals surface area contributed by atoms with Gasteiger partial charge >= 0.3 is 12.2 Å². The average molecular weight is 475 g/mol. The van der Waals surface area contributed by atoms with Crippen molar-refractivity contribution in [3.8, 4) is 11.5 Å². The molecule has 34 heavy (non-hydrogen) atoms. The van der Waals surface area contributed by atoms with Crippen molar-refractivity contribution in [1.82, 2.24) is 0 Å². The van der Waals surface area contributed by atoms with Crippen LogP contribution in [0.2, 0.25) is 0 Å². The second kappa shape index (κ2) is 11.4. The lowest BCUT2D eigenvalue weighted by Gasteiger charge is -2.21. The Morgan fingerprint density at radius 2 is 1.03 bits per heavy atom. The third-order valence-corrected chi connectivity index (χ3v) is 5.56. The van der Waals surface area contributed by atoms with Crippen LogP contribution in [-0.4, -0.2) is 0 Å². The smallest absolute Gasteiger partial charge is 0.426 e. The molecule has 0 aromatic heterocycles. The van der Waals surface area contributed by atoms with Crippen LogP contribution in [0.25, 0.3) is 0 Å². The summed E-state index contributed by atoms with van der Waals surface area (Å²) in [5.74, 6) is -0.00501. The minimum absolute atomic E-state index is 0.0110. The second-order valence-electron chi connectivity index (χ2n) is 8.44. The first kappa shape index (κ1) is 25.6. The summed E-state index contributed by atoms with van der Waals surface area (Å²) in [4.78, 5) is 0. The van der Waals surface area contributed by atoms with Gasteiger partial charge in [0.25, 0.3) is 0 Å². The van der Waals surface area contributed by atoms with Crippen LogP contribution in [0, 0.1) is 6.92 Å². The van der Waals surface area contributed by atoms with Crippen LogP contribution in [0.15, 0.2) is 72.8 Å². The maximum atomic E-state index is 14.6. The number of aryl methyl sites for hydroxylation is 2. The maximum Gasteiger partial charge on any atom is 0.426 e. The lowest BCUT2D eigenvalue weighted by molar-refractivity contribution is -0.188. The normalized spacial score (nSPS) is 11.9. The molecule has 182 valence electrons. The quantitative estimate of drug-likeness (QED) is 0.193. The molecule has 0 aliphatic carbocycles. The van der Waals surface area contributed by atoms with Gasteiger partial charge in [0.15, 0.2) is 0 Å². The summed E-state index contributed by atoms with van der Waals surface area (Å²) in [5, 5.41) is 0. The minimum atomic E-state index is -3.67. The van der Waals surface area contributed by atoms with E-state index in [-0.39, 0.29) is 11.5 Å². The van der Waals surface area contributed by atoms with Crippen molar-refractivity contribution in [2.75, 3.05) is 0 Å². The van der Waals surface area contributed by atoms with Gasteiger partial charge in [0, 0.05) is 0 Å². The lowest BCUT2D eigenvalue weighted by atomic mass is 10.1. The highest BCUT2D eigenvalue weighted by atomic mass is 19.3. The number of ether oxygens (including phenoxy) is 2. The predicted octanol–water partition coefficient (Wildman–Crippen LogP) is 8.76. The van der Waals surface area contributed by atoms with Crippen LogP contribution in [0.3, 0.4) is 0 Å². The highest BCUT2D eigenvalue weighted by molar-refractivity contribution is 5.32. The molecule has 3 aromatic carbocycles. The van der Waals surface area contributed by atoms with Gasteiger partial charge in [-0.05, 0) is 73.9 Å². The van der Waals surface area contributed by atoms with Crippen LogP contribution >= 0.6 is 0 Å². The third kappa shape index (κ3) is 7.24. The monoisotopic (exact) mass is 474 g/mol. The molecule has 0 heterocycles. The molecule has 0 saturated heterocycles. The summed E-state index contributed by atoms with van der Waals surface area (Å²) >= 11 is 0. The third-order valence-electron chi connectivity index (χ3n) is 5.56. The van der Waals surface area contributed by atoms with Gasteiger partial charge in [0.2, 0.25) is 0 Å². The van der Waals surface area contributed by atoms with Crippen molar-refractivity contribution >= 4 is 0 Å². The van der Waals surface area contributed by atoms with E-state index in [1.165, 1.54) is 43.5 Å². The van der Waals surface area contributed by atoms with Crippen molar-refractivity contribution in [1.29, 1.82) is 0 Å². The van der Waals surface area contributed by atoms with Crippen molar-refractivity contribution in [2.45, 2.75) is 64.6 Å². The molecule has 0 atom stereocenters. The van der Waals surface area contributed by atoms with Crippen molar-refractivity contribution in [3.63, 3.8) is 0 Å². The fourth-order valence-electron chi connectivity index (χ4n) is 3.54. The van der Waals surface area contributed by atoms with E-state index < -0.39 is 23.3 Å². The van der Waals surface area contributed by atoms with Gasteiger partial charge in [-0.3, -0.25) is 0 Å². The minimum Gasteiger partial charge on any atom is -0.429 e. The van der Waals surface area contributed by atoms with Gasteiger partial charge in [-0.2, -0.15) is 17.6 Å². The number of hydrogen-bond donors (Lipinski definition) is 0. The summed E-state index contributed by atoms with van der Waals surface area (Å²) in [5.41, 5.74) is 0.907. The summed E-state index contributed by atoms with van der Waals surface area (Å²) in [6.45, 7) is 3.99. The largest absolute Gasteiger partial charge is 0.429 e. The van der Waals surface area contributed by atoms with E-state index in [0.29, 0.717) is 0 Å². The molecule has 0 bridgehead atoms. The van der Waals surface area contributed by atoms with Crippen molar-refractivity contribution in [3.05, 3.63) is 95.1 Å². The van der Waals surface area contributed by atoms with Gasteiger partial charge in [0.1, 0.15) is 11.5 Å². The Labute approximate surface area is 198 Å². The first-order chi connectivity index (χ1) is 16.2. The SMILES string of the molecule is CCCCCCCc1ccc(OC(F)(F)c2ccc(C(F)(F)Oc3ccc(C)cc3)cc2)cc1. The second-order valence-corrected chi connectivity index (χ2v) is 8.44. The van der Waals surface area contributed by atoms with Crippen LogP contribution in [0.4, 0.5) is 17.6 Å². The zero-order chi connectivity index (χ0) is 24.6. The summed E-state index contributed by atoms with van der Waals surface area (Å²) < 4.78 is 67.8. The number of hydrogen-bond acceptors (Lipinski definition) is 2. The van der Waals surface area contributed by atoms with E-state index in [4.69, 9.17) is 9.47 Å². The summed E-state index contributed by atoms with van der Waals surface area (Å²) in [7, 11) is 0. The van der Waals surface area contributed by atoms with Crippen LogP contribution in [0.5, 0.6) is 11.5 Å². The Kier molecular flexibility index (Phi) is 8.59. The molecule has 3 aromatic rings. The summed E-state index contributed by atoms with van der Waals surface area (Å²) in [6.07, 6.45) is -0.639. The fraction of sp³-hybridized carbons (Fsp3) is 0.357. The molecule has 0 aliphatic heterocycles. The Morgan fingerprint density at radius 1 is 0.588 bits per heavy atom. The fourth-order valence-corrected chi connectivity index (χ4v) is 3.54. The van der Waals surface area contributed by atoms with Crippen LogP contribution in [0.1, 0.15) is 61.3 Å². The van der Waals surface area contributed by atoms with Crippen LogP contribution < -0.4 is 9.47 Å². The highest BCUT2D eigenvalue weighted by Crippen LogP contribution is 2.35. The first-order valence-electron chi connectivity index (χ1n) is 11.6. The molecule has 0 radical (unpaired) electrons. The van der Waals surface area contributed by atoms with Gasteiger partial charge in [-0.25, -0.2) is 0 Å². The molecule has 0 N–H and O–H groups in total. The van der Waals surface area contributed by atoms with E-state index in [2.05, 4.69) is 6.92 Å². The Hall–Kier alpha value is -3.02. The number of rotatable bonds is 12. The number of halogens is 4. The molecule has 0 spiro atoms. The zero-order valence-corrected chi connectivity index (χ0v) is 19.5. The van der Waals surface area contributed by atoms with Crippen LogP contribution in [-0.2, 0) is 18.6 Å². The average Bonchev–Trinajstić information content (AvgIpc) is 2.81. The molecular formula is C28H30F4O2. The standard InChI is InChI=1S/C28H30F4O2/c1-3-4-5-6-7-8-22-11-19-26(20-12-22)34-28(31,32)24-15-13-23(14-16-24)27(29,30)33-25-17-9-21(2)10-18-25/h9-20H,3-8H2,1-2H3. The molecule has 0 saturated carbocycles. The zero-order valence-electron chi connectivity index (χ0n) is 19.5. The molecule has 0 fully saturated rings. The van der Waals surface area contributed by atoms with E-state index in [0.717, 1.165) is 54.7 Å². The van der Waals surface area contributed by atoms with Gasteiger partial charge in [-0.15, -0.1) is 0 Å². The van der Waals surface area contributed by atoms with Gasteiger partial charge < -0.3 is 9.47 Å². The first-order valence-corrected chi connectivity index (χ1v) is 11.6. The molecule has 3 rings (SSSR count). The van der Waals surface area contributed by atoms with Gasteiger partial charge in [0.05, 0.1) is 11.1 Å². The van der Waals surface area contributed by atoms with Crippen molar-refractivity contribution < 1.29 is 27.0 Å². The van der Waals surface area contributed by atoms with E-state index in [1.54, 1.807) is 24.3 Å². The maximum absolute atomic E-state index is 14.6. The molecule has 2 nitrogen and oxygen atoms in total. The highest BCUT2D eigenvalue weighted by Gasteiger charge is 2.38. The Morgan fingerprint density at radius 3 is 1.50 bits per heavy atom. The van der Waals surface area contributed by atoms with Gasteiger partial charge in [-0.1, -0.05) is 62.4 Å². The molecule has 0 unspecified atom stereocenters.